The van der Waals surface area contributed by atoms with E-state index < -0.39 is 20.1 Å². The van der Waals surface area contributed by atoms with Crippen LogP contribution in [0.2, 0.25) is 0 Å². The number of rotatable bonds is 3. The Hall–Kier alpha value is -2.98. The van der Waals surface area contributed by atoms with Gasteiger partial charge in [-0.15, -0.1) is 0 Å². The number of morpholine rings is 1. The first-order chi connectivity index (χ1) is 15.9. The van der Waals surface area contributed by atoms with Crippen molar-refractivity contribution >= 4 is 32.4 Å². The van der Waals surface area contributed by atoms with Gasteiger partial charge in [-0.1, -0.05) is 0 Å². The van der Waals surface area contributed by atoms with Crippen LogP contribution >= 0.6 is 0 Å². The van der Waals surface area contributed by atoms with Crippen molar-refractivity contribution in [2.75, 3.05) is 36.7 Å². The molecule has 9 nitrogen and oxygen atoms in total. The van der Waals surface area contributed by atoms with Crippen molar-refractivity contribution in [3.8, 4) is 17.1 Å². The summed E-state index contributed by atoms with van der Waals surface area (Å²) in [6, 6.07) is 9.34. The van der Waals surface area contributed by atoms with Crippen molar-refractivity contribution in [3.63, 3.8) is 0 Å². The standard InChI is InChI=1S/C24H29N5O4S/c1-14-11-32-12-24(4)13-33-19-20(23(2,3)34(5,30)31)27-21(28-22(19)29(14)24)16-6-8-17-15(10-16)7-9-18(25)26-17/h6-10,14H,11-13H2,1-5H3,(H2,25,26)/t14-,24+/m1/s1. The van der Waals surface area contributed by atoms with Crippen LogP contribution in [0, 0.1) is 0 Å². The number of benzene rings is 1. The normalized spacial score (nSPS) is 22.7. The minimum absolute atomic E-state index is 0.0297. The van der Waals surface area contributed by atoms with E-state index in [9.17, 15) is 8.42 Å². The lowest BCUT2D eigenvalue weighted by Gasteiger charge is -2.52. The first-order valence-electron chi connectivity index (χ1n) is 11.2. The fourth-order valence-electron chi connectivity index (χ4n) is 4.66. The molecule has 0 unspecified atom stereocenters. The number of anilines is 2. The monoisotopic (exact) mass is 483 g/mol. The van der Waals surface area contributed by atoms with Crippen LogP contribution in [-0.2, 0) is 19.3 Å². The maximum atomic E-state index is 12.8. The van der Waals surface area contributed by atoms with E-state index in [0.29, 0.717) is 48.7 Å². The summed E-state index contributed by atoms with van der Waals surface area (Å²) in [4.78, 5) is 16.3. The van der Waals surface area contributed by atoms with Crippen LogP contribution < -0.4 is 15.4 Å². The Labute approximate surface area is 199 Å². The van der Waals surface area contributed by atoms with Crippen LogP contribution in [0.15, 0.2) is 30.3 Å². The highest BCUT2D eigenvalue weighted by Crippen LogP contribution is 2.47. The summed E-state index contributed by atoms with van der Waals surface area (Å²) < 4.78 is 36.4. The van der Waals surface area contributed by atoms with E-state index in [1.165, 1.54) is 6.26 Å². The van der Waals surface area contributed by atoms with Gasteiger partial charge in [-0.25, -0.2) is 23.4 Å². The zero-order valence-electron chi connectivity index (χ0n) is 20.0. The second-order valence-corrected chi connectivity index (χ2v) is 12.6. The molecular weight excluding hydrogens is 454 g/mol. The Morgan fingerprint density at radius 2 is 1.91 bits per heavy atom. The van der Waals surface area contributed by atoms with Gasteiger partial charge in [-0.2, -0.15) is 0 Å². The number of sulfone groups is 1. The van der Waals surface area contributed by atoms with Crippen molar-refractivity contribution in [1.82, 2.24) is 15.0 Å². The predicted molar refractivity (Wildman–Crippen MR) is 132 cm³/mol. The molecule has 0 amide bonds. The summed E-state index contributed by atoms with van der Waals surface area (Å²) >= 11 is 0. The molecule has 1 aromatic carbocycles. The molecule has 1 saturated heterocycles. The third-order valence-electron chi connectivity index (χ3n) is 6.86. The Morgan fingerprint density at radius 3 is 2.65 bits per heavy atom. The highest BCUT2D eigenvalue weighted by molar-refractivity contribution is 7.91. The van der Waals surface area contributed by atoms with Crippen LogP contribution in [0.1, 0.15) is 33.4 Å². The van der Waals surface area contributed by atoms with Gasteiger partial charge in [0.05, 0.1) is 30.3 Å². The number of ether oxygens (including phenoxy) is 2. The quantitative estimate of drug-likeness (QED) is 0.599. The van der Waals surface area contributed by atoms with Crippen molar-refractivity contribution in [2.45, 2.75) is 44.0 Å². The van der Waals surface area contributed by atoms with Crippen molar-refractivity contribution in [2.24, 2.45) is 0 Å². The molecular formula is C24H29N5O4S. The zero-order valence-corrected chi connectivity index (χ0v) is 20.8. The lowest BCUT2D eigenvalue weighted by Crippen LogP contribution is -2.64. The second-order valence-electron chi connectivity index (χ2n) is 9.99. The van der Waals surface area contributed by atoms with E-state index in [1.807, 2.05) is 24.3 Å². The maximum Gasteiger partial charge on any atom is 0.185 e. The molecule has 2 aromatic heterocycles. The lowest BCUT2D eigenvalue weighted by atomic mass is 9.95. The molecule has 3 aromatic rings. The number of nitrogens with two attached hydrogens (primary N) is 1. The van der Waals surface area contributed by atoms with Crippen LogP contribution in [0.3, 0.4) is 0 Å². The number of pyridine rings is 1. The summed E-state index contributed by atoms with van der Waals surface area (Å²) in [5.74, 6) is 1.88. The highest BCUT2D eigenvalue weighted by Gasteiger charge is 2.48. The van der Waals surface area contributed by atoms with Gasteiger partial charge in [0.25, 0.3) is 0 Å². The van der Waals surface area contributed by atoms with Crippen molar-refractivity contribution in [1.29, 1.82) is 0 Å². The van der Waals surface area contributed by atoms with Gasteiger partial charge < -0.3 is 20.1 Å². The van der Waals surface area contributed by atoms with Crippen molar-refractivity contribution in [3.05, 3.63) is 36.0 Å². The molecule has 2 aliphatic rings. The average Bonchev–Trinajstić information content (AvgIpc) is 2.76. The fourth-order valence-corrected chi connectivity index (χ4v) is 5.15. The first-order valence-corrected chi connectivity index (χ1v) is 13.1. The zero-order chi connectivity index (χ0) is 24.5. The van der Waals surface area contributed by atoms with E-state index in [-0.39, 0.29) is 6.04 Å². The molecule has 34 heavy (non-hydrogen) atoms. The van der Waals surface area contributed by atoms with E-state index in [2.05, 4.69) is 23.7 Å². The number of nitrogen functional groups attached to an aromatic ring is 1. The Morgan fingerprint density at radius 1 is 1.15 bits per heavy atom. The van der Waals surface area contributed by atoms with Gasteiger partial charge >= 0.3 is 0 Å². The second kappa shape index (κ2) is 7.51. The number of fused-ring (bicyclic) bond motifs is 4. The topological polar surface area (TPSA) is 121 Å². The lowest BCUT2D eigenvalue weighted by molar-refractivity contribution is 0.00705. The molecule has 5 rings (SSSR count). The van der Waals surface area contributed by atoms with Crippen LogP contribution in [0.5, 0.6) is 5.75 Å². The summed E-state index contributed by atoms with van der Waals surface area (Å²) in [5.41, 5.74) is 7.26. The molecule has 1 fully saturated rings. The molecule has 0 bridgehead atoms. The molecule has 0 radical (unpaired) electrons. The largest absolute Gasteiger partial charge is 0.485 e. The Balaban J connectivity index is 1.77. The molecule has 0 aliphatic carbocycles. The minimum Gasteiger partial charge on any atom is -0.485 e. The molecule has 10 heteroatoms. The van der Waals surface area contributed by atoms with Crippen molar-refractivity contribution < 1.29 is 17.9 Å². The molecule has 4 heterocycles. The van der Waals surface area contributed by atoms with Gasteiger partial charge in [-0.05, 0) is 58.0 Å². The number of hydrogen-bond donors (Lipinski definition) is 1. The summed E-state index contributed by atoms with van der Waals surface area (Å²) in [5, 5.41) is 0.887. The fraction of sp³-hybridized carbons (Fsp3) is 0.458. The first kappa shape index (κ1) is 22.8. The number of hydrogen-bond acceptors (Lipinski definition) is 9. The van der Waals surface area contributed by atoms with Gasteiger partial charge in [0.1, 0.15) is 22.9 Å². The van der Waals surface area contributed by atoms with Gasteiger partial charge in [0.15, 0.2) is 27.2 Å². The minimum atomic E-state index is -3.52. The summed E-state index contributed by atoms with van der Waals surface area (Å²) in [7, 11) is -3.52. The van der Waals surface area contributed by atoms with Crippen LogP contribution in [0.25, 0.3) is 22.3 Å². The molecule has 0 saturated carbocycles. The molecule has 2 aliphatic heterocycles. The predicted octanol–water partition coefficient (Wildman–Crippen LogP) is 2.93. The molecule has 0 spiro atoms. The van der Waals surface area contributed by atoms with E-state index in [1.54, 1.807) is 19.9 Å². The molecule has 2 N–H and O–H groups in total. The van der Waals surface area contributed by atoms with Gasteiger partial charge in [0, 0.05) is 17.2 Å². The third kappa shape index (κ3) is 3.47. The highest BCUT2D eigenvalue weighted by atomic mass is 32.2. The number of nitrogens with zero attached hydrogens (tertiary/aromatic N) is 4. The molecule has 180 valence electrons. The Bertz CT molecular complexity index is 1410. The van der Waals surface area contributed by atoms with Gasteiger partial charge in [0.2, 0.25) is 0 Å². The van der Waals surface area contributed by atoms with E-state index in [0.717, 1.165) is 16.5 Å². The smallest absolute Gasteiger partial charge is 0.185 e. The maximum absolute atomic E-state index is 12.8. The van der Waals surface area contributed by atoms with E-state index in [4.69, 9.17) is 25.2 Å². The summed E-state index contributed by atoms with van der Waals surface area (Å²) in [6.45, 7) is 8.83. The Kier molecular flexibility index (Phi) is 5.04. The summed E-state index contributed by atoms with van der Waals surface area (Å²) in [6.07, 6.45) is 1.22. The van der Waals surface area contributed by atoms with Crippen LogP contribution in [0.4, 0.5) is 11.6 Å². The molecule has 2 atom stereocenters. The van der Waals surface area contributed by atoms with Gasteiger partial charge in [-0.3, -0.25) is 0 Å². The van der Waals surface area contributed by atoms with Crippen LogP contribution in [-0.4, -0.2) is 61.0 Å². The SMILES string of the molecule is C[C@@H]1COC[C@@]2(C)COc3c(nc(-c4ccc5nc(N)ccc5c4)nc3C(C)(C)S(C)(=O)=O)N12. The number of aromatic nitrogens is 3. The third-order valence-corrected chi connectivity index (χ3v) is 8.91. The van der Waals surface area contributed by atoms with E-state index >= 15 is 0 Å². The average molecular weight is 484 g/mol.